The van der Waals surface area contributed by atoms with Gasteiger partial charge < -0.3 is 19.3 Å². The summed E-state index contributed by atoms with van der Waals surface area (Å²) in [6, 6.07) is 13.1. The lowest BCUT2D eigenvalue weighted by molar-refractivity contribution is 0.204. The molecule has 35 heavy (non-hydrogen) atoms. The lowest BCUT2D eigenvalue weighted by atomic mass is 9.94. The third kappa shape index (κ3) is 5.00. The molecular weight excluding hydrogens is 464 g/mol. The molecule has 1 aromatic heterocycles. The van der Waals surface area contributed by atoms with E-state index in [1.165, 1.54) is 0 Å². The van der Waals surface area contributed by atoms with Gasteiger partial charge in [0.15, 0.2) is 11.5 Å². The van der Waals surface area contributed by atoms with E-state index in [4.69, 9.17) is 19.0 Å². The second kappa shape index (κ2) is 10.9. The summed E-state index contributed by atoms with van der Waals surface area (Å²) >= 11 is 1.67. The summed E-state index contributed by atoms with van der Waals surface area (Å²) in [6.45, 7) is 4.66. The number of nitrogens with zero attached hydrogens (tertiary/aromatic N) is 3. The summed E-state index contributed by atoms with van der Waals surface area (Å²) in [7, 11) is 3.17. The smallest absolute Gasteiger partial charge is 0.322 e. The molecule has 2 heterocycles. The number of carbonyl (C=O) groups excluding carboxylic acids is 1. The van der Waals surface area contributed by atoms with Crippen LogP contribution in [-0.4, -0.2) is 48.1 Å². The van der Waals surface area contributed by atoms with Crippen LogP contribution in [0.15, 0.2) is 57.6 Å². The summed E-state index contributed by atoms with van der Waals surface area (Å²) in [4.78, 5) is 20.7. The van der Waals surface area contributed by atoms with Gasteiger partial charge in [0, 0.05) is 22.7 Å². The lowest BCUT2D eigenvalue weighted by Gasteiger charge is -2.35. The molecule has 4 rings (SSSR count). The fourth-order valence-electron chi connectivity index (χ4n) is 4.12. The summed E-state index contributed by atoms with van der Waals surface area (Å²) in [5.41, 5.74) is 3.28. The van der Waals surface area contributed by atoms with E-state index in [-0.39, 0.29) is 6.03 Å². The predicted octanol–water partition coefficient (Wildman–Crippen LogP) is 5.77. The highest BCUT2D eigenvalue weighted by Gasteiger charge is 2.35. The molecule has 8 nitrogen and oxygen atoms in total. The summed E-state index contributed by atoms with van der Waals surface area (Å²) < 4.78 is 16.5. The van der Waals surface area contributed by atoms with Gasteiger partial charge in [-0.2, -0.15) is 4.98 Å². The van der Waals surface area contributed by atoms with Crippen molar-refractivity contribution in [1.82, 2.24) is 20.4 Å². The Bertz CT molecular complexity index is 1220. The largest absolute Gasteiger partial charge is 0.493 e. The maximum atomic E-state index is 13.0. The van der Waals surface area contributed by atoms with Crippen LogP contribution in [0, 0.1) is 0 Å². The van der Waals surface area contributed by atoms with Crippen LogP contribution in [0.5, 0.6) is 11.5 Å². The molecule has 3 aromatic rings. The number of urea groups is 1. The van der Waals surface area contributed by atoms with Crippen LogP contribution in [0.25, 0.3) is 17.0 Å². The van der Waals surface area contributed by atoms with Gasteiger partial charge in [-0.25, -0.2) is 4.79 Å². The van der Waals surface area contributed by atoms with Gasteiger partial charge >= 0.3 is 6.03 Å². The van der Waals surface area contributed by atoms with E-state index >= 15 is 0 Å². The SMILES string of the molecule is CCCCN1C(=O)NC(c2ccc(SC)cc2)C(c2nc(-c3ccc(OC)c(OC)c3)no2)=C1C. The number of aromatic nitrogens is 2. The highest BCUT2D eigenvalue weighted by Crippen LogP contribution is 2.38. The highest BCUT2D eigenvalue weighted by molar-refractivity contribution is 7.98. The summed E-state index contributed by atoms with van der Waals surface area (Å²) in [6.07, 6.45) is 3.91. The molecule has 0 saturated carbocycles. The van der Waals surface area contributed by atoms with E-state index in [1.54, 1.807) is 36.9 Å². The first kappa shape index (κ1) is 24.7. The zero-order chi connectivity index (χ0) is 24.9. The number of thioether (sulfide) groups is 1. The van der Waals surface area contributed by atoms with Gasteiger partial charge in [0.1, 0.15) is 0 Å². The molecule has 0 spiro atoms. The van der Waals surface area contributed by atoms with Gasteiger partial charge in [0.2, 0.25) is 5.82 Å². The van der Waals surface area contributed by atoms with Crippen LogP contribution in [0.2, 0.25) is 0 Å². The molecule has 1 atom stereocenters. The van der Waals surface area contributed by atoms with Gasteiger partial charge in [-0.3, -0.25) is 4.90 Å². The van der Waals surface area contributed by atoms with Gasteiger partial charge in [0.05, 0.1) is 25.8 Å². The zero-order valence-electron chi connectivity index (χ0n) is 20.6. The zero-order valence-corrected chi connectivity index (χ0v) is 21.4. The van der Waals surface area contributed by atoms with Crippen molar-refractivity contribution in [2.24, 2.45) is 0 Å². The molecule has 184 valence electrons. The predicted molar refractivity (Wildman–Crippen MR) is 137 cm³/mol. The van der Waals surface area contributed by atoms with Crippen molar-refractivity contribution in [3.63, 3.8) is 0 Å². The monoisotopic (exact) mass is 494 g/mol. The minimum absolute atomic E-state index is 0.127. The van der Waals surface area contributed by atoms with Crippen molar-refractivity contribution < 1.29 is 18.8 Å². The number of allylic oxidation sites excluding steroid dienone is 1. The van der Waals surface area contributed by atoms with Gasteiger partial charge in [-0.05, 0) is 55.5 Å². The molecule has 0 fully saturated rings. The average Bonchev–Trinajstić information content (AvgIpc) is 3.37. The molecule has 0 bridgehead atoms. The normalized spacial score (nSPS) is 15.9. The van der Waals surface area contributed by atoms with Crippen molar-refractivity contribution in [2.75, 3.05) is 27.0 Å². The number of amides is 2. The van der Waals surface area contributed by atoms with E-state index in [0.29, 0.717) is 29.8 Å². The Morgan fingerprint density at radius 3 is 2.51 bits per heavy atom. The molecule has 9 heteroatoms. The molecule has 1 aliphatic rings. The van der Waals surface area contributed by atoms with Gasteiger partial charge in [-0.15, -0.1) is 11.8 Å². The Balaban J connectivity index is 1.77. The number of nitrogens with one attached hydrogen (secondary N) is 1. The molecule has 0 saturated heterocycles. The minimum atomic E-state index is -0.407. The number of ether oxygens (including phenoxy) is 2. The Morgan fingerprint density at radius 1 is 1.11 bits per heavy atom. The van der Waals surface area contributed by atoms with Crippen LogP contribution in [0.4, 0.5) is 4.79 Å². The Morgan fingerprint density at radius 2 is 1.86 bits per heavy atom. The first-order valence-electron chi connectivity index (χ1n) is 11.5. The number of hydrogen-bond donors (Lipinski definition) is 1. The molecule has 2 amide bonds. The van der Waals surface area contributed by atoms with Crippen LogP contribution < -0.4 is 14.8 Å². The Hall–Kier alpha value is -3.46. The van der Waals surface area contributed by atoms with E-state index in [9.17, 15) is 4.79 Å². The van der Waals surface area contributed by atoms with Crippen LogP contribution in [0.1, 0.15) is 44.2 Å². The van der Waals surface area contributed by atoms with E-state index in [2.05, 4.69) is 17.4 Å². The number of unbranched alkanes of at least 4 members (excludes halogenated alkanes) is 1. The maximum Gasteiger partial charge on any atom is 0.322 e. The average molecular weight is 495 g/mol. The molecule has 0 aliphatic carbocycles. The lowest BCUT2D eigenvalue weighted by Crippen LogP contribution is -2.46. The summed E-state index contributed by atoms with van der Waals surface area (Å²) in [5, 5.41) is 7.39. The molecular formula is C26H30N4O4S. The molecule has 2 aromatic carbocycles. The second-order valence-corrected chi connectivity index (χ2v) is 9.03. The number of benzene rings is 2. The fourth-order valence-corrected chi connectivity index (χ4v) is 4.52. The van der Waals surface area contributed by atoms with Crippen LogP contribution in [-0.2, 0) is 0 Å². The second-order valence-electron chi connectivity index (χ2n) is 8.15. The Labute approximate surface area is 209 Å². The fraction of sp³-hybridized carbons (Fsp3) is 0.346. The number of rotatable bonds is 9. The van der Waals surface area contributed by atoms with E-state index in [1.807, 2.05) is 49.6 Å². The van der Waals surface area contributed by atoms with Crippen molar-refractivity contribution in [3.8, 4) is 22.9 Å². The third-order valence-electron chi connectivity index (χ3n) is 6.08. The van der Waals surface area contributed by atoms with Crippen molar-refractivity contribution >= 4 is 23.4 Å². The topological polar surface area (TPSA) is 89.7 Å². The van der Waals surface area contributed by atoms with Crippen molar-refractivity contribution in [1.29, 1.82) is 0 Å². The van der Waals surface area contributed by atoms with Crippen molar-refractivity contribution in [2.45, 2.75) is 37.6 Å². The van der Waals surface area contributed by atoms with E-state index < -0.39 is 6.04 Å². The molecule has 1 unspecified atom stereocenters. The Kier molecular flexibility index (Phi) is 7.65. The summed E-state index contributed by atoms with van der Waals surface area (Å²) in [5.74, 6) is 1.99. The quantitative estimate of drug-likeness (QED) is 0.378. The number of methoxy groups -OCH3 is 2. The third-order valence-corrected chi connectivity index (χ3v) is 6.82. The molecule has 1 aliphatic heterocycles. The number of carbonyl (C=O) groups is 1. The van der Waals surface area contributed by atoms with Crippen LogP contribution >= 0.6 is 11.8 Å². The van der Waals surface area contributed by atoms with Gasteiger partial charge in [-0.1, -0.05) is 30.6 Å². The first-order chi connectivity index (χ1) is 17.0. The first-order valence-corrected chi connectivity index (χ1v) is 12.7. The van der Waals surface area contributed by atoms with Crippen molar-refractivity contribution in [3.05, 3.63) is 59.6 Å². The minimum Gasteiger partial charge on any atom is -0.493 e. The highest BCUT2D eigenvalue weighted by atomic mass is 32.2. The van der Waals surface area contributed by atoms with E-state index in [0.717, 1.165) is 40.1 Å². The molecule has 0 radical (unpaired) electrons. The van der Waals surface area contributed by atoms with Crippen LogP contribution in [0.3, 0.4) is 0 Å². The maximum absolute atomic E-state index is 13.0. The molecule has 1 N–H and O–H groups in total. The standard InChI is InChI=1S/C26H30N4O4S/c1-6-7-14-30-16(2)22(23(27-26(30)31)17-8-11-19(35-5)12-9-17)25-28-24(29-34-25)18-10-13-20(32-3)21(15-18)33-4/h8-13,15,23H,6-7,14H2,1-5H3,(H,27,31). The number of hydrogen-bond acceptors (Lipinski definition) is 7. The van der Waals surface area contributed by atoms with Gasteiger partial charge in [0.25, 0.3) is 5.89 Å².